The molecule has 1 nitrogen and oxygen atoms in total. The van der Waals surface area contributed by atoms with Gasteiger partial charge in [-0.2, -0.15) is 0 Å². The smallest absolute Gasteiger partial charge is 0.119 e. The van der Waals surface area contributed by atoms with Crippen LogP contribution >= 0.6 is 23.4 Å². The fourth-order valence-electron chi connectivity index (χ4n) is 1.96. The van der Waals surface area contributed by atoms with Crippen molar-refractivity contribution >= 4 is 23.4 Å². The molecule has 0 aliphatic heterocycles. The Morgan fingerprint density at radius 3 is 2.42 bits per heavy atom. The zero-order valence-corrected chi connectivity index (χ0v) is 12.7. The number of hydrogen-bond acceptors (Lipinski definition) is 2. The predicted molar refractivity (Wildman–Crippen MR) is 83.5 cm³/mol. The maximum atomic E-state index is 6.59. The molecule has 0 amide bonds. The molecule has 0 N–H and O–H groups in total. The van der Waals surface area contributed by atoms with Crippen LogP contribution in [-0.2, 0) is 0 Å². The van der Waals surface area contributed by atoms with E-state index >= 15 is 0 Å². The highest BCUT2D eigenvalue weighted by Crippen LogP contribution is 2.35. The van der Waals surface area contributed by atoms with Gasteiger partial charge in [-0.25, -0.2) is 0 Å². The first-order valence-electron chi connectivity index (χ1n) is 6.26. The van der Waals surface area contributed by atoms with Gasteiger partial charge in [0.25, 0.3) is 0 Å². The standard InChI is InChI=1S/C16H17ClOS/c1-3-18-13-10-8-12(9-11-13)16(17)14-6-4-5-7-15(14)19-2/h4-11,16H,3H2,1-2H3. The average molecular weight is 293 g/mol. The van der Waals surface area contributed by atoms with Crippen LogP contribution in [0.1, 0.15) is 23.4 Å². The van der Waals surface area contributed by atoms with Gasteiger partial charge in [0.2, 0.25) is 0 Å². The first-order valence-corrected chi connectivity index (χ1v) is 7.92. The van der Waals surface area contributed by atoms with Crippen molar-refractivity contribution in [1.82, 2.24) is 0 Å². The Balaban J connectivity index is 2.25. The normalized spacial score (nSPS) is 12.2. The Kier molecular flexibility index (Phi) is 5.17. The molecule has 1 atom stereocenters. The molecule has 0 fully saturated rings. The molecule has 2 aromatic carbocycles. The van der Waals surface area contributed by atoms with Crippen LogP contribution in [0.15, 0.2) is 53.4 Å². The monoisotopic (exact) mass is 292 g/mol. The number of thioether (sulfide) groups is 1. The van der Waals surface area contributed by atoms with Crippen molar-refractivity contribution in [2.75, 3.05) is 12.9 Å². The number of halogens is 1. The summed E-state index contributed by atoms with van der Waals surface area (Å²) >= 11 is 8.31. The second-order valence-corrected chi connectivity index (χ2v) is 5.39. The van der Waals surface area contributed by atoms with E-state index < -0.39 is 0 Å². The quantitative estimate of drug-likeness (QED) is 0.558. The lowest BCUT2D eigenvalue weighted by Crippen LogP contribution is -1.96. The maximum Gasteiger partial charge on any atom is 0.119 e. The predicted octanol–water partition coefficient (Wildman–Crippen LogP) is 5.14. The molecule has 2 rings (SSSR count). The second-order valence-electron chi connectivity index (χ2n) is 4.11. The summed E-state index contributed by atoms with van der Waals surface area (Å²) < 4.78 is 5.44. The van der Waals surface area contributed by atoms with Crippen molar-refractivity contribution in [3.8, 4) is 5.75 Å². The van der Waals surface area contributed by atoms with E-state index in [9.17, 15) is 0 Å². The van der Waals surface area contributed by atoms with E-state index in [1.807, 2.05) is 43.3 Å². The molecule has 0 spiro atoms. The summed E-state index contributed by atoms with van der Waals surface area (Å²) in [5.74, 6) is 0.883. The third kappa shape index (κ3) is 3.46. The first kappa shape index (κ1) is 14.3. The minimum absolute atomic E-state index is 0.126. The van der Waals surface area contributed by atoms with Crippen LogP contribution in [0.25, 0.3) is 0 Å². The summed E-state index contributed by atoms with van der Waals surface area (Å²) in [5.41, 5.74) is 2.24. The molecule has 0 aromatic heterocycles. The van der Waals surface area contributed by atoms with E-state index in [4.69, 9.17) is 16.3 Å². The van der Waals surface area contributed by atoms with Crippen molar-refractivity contribution in [2.45, 2.75) is 17.2 Å². The lowest BCUT2D eigenvalue weighted by molar-refractivity contribution is 0.340. The van der Waals surface area contributed by atoms with E-state index in [0.29, 0.717) is 6.61 Å². The molecular weight excluding hydrogens is 276 g/mol. The van der Waals surface area contributed by atoms with Crippen molar-refractivity contribution < 1.29 is 4.74 Å². The lowest BCUT2D eigenvalue weighted by Gasteiger charge is -2.14. The SMILES string of the molecule is CCOc1ccc(C(Cl)c2ccccc2SC)cc1. The van der Waals surface area contributed by atoms with E-state index in [0.717, 1.165) is 16.9 Å². The lowest BCUT2D eigenvalue weighted by atomic mass is 10.0. The van der Waals surface area contributed by atoms with Crippen molar-refractivity contribution in [1.29, 1.82) is 0 Å². The largest absolute Gasteiger partial charge is 0.494 e. The van der Waals surface area contributed by atoms with Crippen molar-refractivity contribution in [3.05, 3.63) is 59.7 Å². The van der Waals surface area contributed by atoms with Gasteiger partial charge < -0.3 is 4.74 Å². The number of rotatable bonds is 5. The Labute approximate surface area is 123 Å². The molecule has 3 heteroatoms. The molecule has 0 aliphatic carbocycles. The van der Waals surface area contributed by atoms with E-state index in [-0.39, 0.29) is 5.38 Å². The molecule has 1 unspecified atom stereocenters. The van der Waals surface area contributed by atoms with Gasteiger partial charge in [-0.3, -0.25) is 0 Å². The molecule has 0 saturated carbocycles. The Morgan fingerprint density at radius 2 is 1.79 bits per heavy atom. The second kappa shape index (κ2) is 6.88. The Hall–Kier alpha value is -1.12. The minimum atomic E-state index is -0.126. The average Bonchev–Trinajstić information content (AvgIpc) is 2.47. The molecule has 100 valence electrons. The highest BCUT2D eigenvalue weighted by atomic mass is 35.5. The Morgan fingerprint density at radius 1 is 1.11 bits per heavy atom. The van der Waals surface area contributed by atoms with Crippen molar-refractivity contribution in [2.24, 2.45) is 0 Å². The number of ether oxygens (including phenoxy) is 1. The van der Waals surface area contributed by atoms with Gasteiger partial charge in [0.1, 0.15) is 5.75 Å². The summed E-state index contributed by atoms with van der Waals surface area (Å²) in [7, 11) is 0. The fraction of sp³-hybridized carbons (Fsp3) is 0.250. The van der Waals surface area contributed by atoms with Crippen LogP contribution in [0, 0.1) is 0 Å². The van der Waals surface area contributed by atoms with Crippen LogP contribution in [0.3, 0.4) is 0 Å². The summed E-state index contributed by atoms with van der Waals surface area (Å²) in [6.45, 7) is 2.66. The number of hydrogen-bond donors (Lipinski definition) is 0. The summed E-state index contributed by atoms with van der Waals surface area (Å²) in [6, 6.07) is 16.2. The molecule has 0 aliphatic rings. The summed E-state index contributed by atoms with van der Waals surface area (Å²) in [5, 5.41) is -0.126. The highest BCUT2D eigenvalue weighted by molar-refractivity contribution is 7.98. The van der Waals surface area contributed by atoms with Gasteiger partial charge in [0.15, 0.2) is 0 Å². The molecular formula is C16H17ClOS. The van der Waals surface area contributed by atoms with E-state index in [1.54, 1.807) is 11.8 Å². The number of benzene rings is 2. The van der Waals surface area contributed by atoms with Crippen LogP contribution < -0.4 is 4.74 Å². The molecule has 0 heterocycles. The van der Waals surface area contributed by atoms with Gasteiger partial charge >= 0.3 is 0 Å². The van der Waals surface area contributed by atoms with Gasteiger partial charge in [-0.05, 0) is 42.5 Å². The van der Waals surface area contributed by atoms with Crippen LogP contribution in [0.2, 0.25) is 0 Å². The first-order chi connectivity index (χ1) is 9.26. The van der Waals surface area contributed by atoms with Crippen LogP contribution in [-0.4, -0.2) is 12.9 Å². The Bertz CT molecular complexity index is 525. The third-order valence-electron chi connectivity index (χ3n) is 2.90. The fourth-order valence-corrected chi connectivity index (χ4v) is 2.99. The van der Waals surface area contributed by atoms with Gasteiger partial charge in [-0.15, -0.1) is 23.4 Å². The highest BCUT2D eigenvalue weighted by Gasteiger charge is 2.14. The van der Waals surface area contributed by atoms with E-state index in [2.05, 4.69) is 18.4 Å². The van der Waals surface area contributed by atoms with Gasteiger partial charge in [0.05, 0.1) is 12.0 Å². The number of alkyl halides is 1. The third-order valence-corrected chi connectivity index (χ3v) is 4.19. The maximum absolute atomic E-state index is 6.59. The zero-order chi connectivity index (χ0) is 13.7. The van der Waals surface area contributed by atoms with E-state index in [1.165, 1.54) is 4.90 Å². The summed E-state index contributed by atoms with van der Waals surface area (Å²) in [6.07, 6.45) is 2.07. The molecule has 0 bridgehead atoms. The van der Waals surface area contributed by atoms with Gasteiger partial charge in [-0.1, -0.05) is 30.3 Å². The minimum Gasteiger partial charge on any atom is -0.494 e. The van der Waals surface area contributed by atoms with Gasteiger partial charge in [0, 0.05) is 4.90 Å². The topological polar surface area (TPSA) is 9.23 Å². The molecule has 19 heavy (non-hydrogen) atoms. The molecule has 2 aromatic rings. The zero-order valence-electron chi connectivity index (χ0n) is 11.1. The molecule has 0 radical (unpaired) electrons. The molecule has 0 saturated heterocycles. The van der Waals surface area contributed by atoms with Crippen LogP contribution in [0.5, 0.6) is 5.75 Å². The summed E-state index contributed by atoms with van der Waals surface area (Å²) in [4.78, 5) is 1.22. The van der Waals surface area contributed by atoms with Crippen molar-refractivity contribution in [3.63, 3.8) is 0 Å². The van der Waals surface area contributed by atoms with Crippen LogP contribution in [0.4, 0.5) is 0 Å².